The van der Waals surface area contributed by atoms with Crippen molar-refractivity contribution in [2.45, 2.75) is 32.4 Å². The summed E-state index contributed by atoms with van der Waals surface area (Å²) in [5, 5.41) is 6.70. The molecule has 118 valence electrons. The van der Waals surface area contributed by atoms with Gasteiger partial charge in [-0.1, -0.05) is 24.2 Å². The van der Waals surface area contributed by atoms with Gasteiger partial charge in [0.2, 0.25) is 6.10 Å². The van der Waals surface area contributed by atoms with Crippen LogP contribution >= 0.6 is 0 Å². The quantitative estimate of drug-likeness (QED) is 0.897. The van der Waals surface area contributed by atoms with Gasteiger partial charge < -0.3 is 15.1 Å². The number of benzene rings is 1. The third kappa shape index (κ3) is 3.84. The summed E-state index contributed by atoms with van der Waals surface area (Å²) in [6.07, 6.45) is 0.827. The SMILES string of the molecule is CCC1=NO[C@H](C(=O)NCc2ccc(C(=O)N(C)C)cc2)C1. The molecule has 0 radical (unpaired) electrons. The van der Waals surface area contributed by atoms with Gasteiger partial charge in [0, 0.05) is 32.6 Å². The normalized spacial score (nSPS) is 16.7. The van der Waals surface area contributed by atoms with Gasteiger partial charge in [-0.2, -0.15) is 0 Å². The van der Waals surface area contributed by atoms with Crippen LogP contribution < -0.4 is 5.32 Å². The average Bonchev–Trinajstić information content (AvgIpc) is 3.01. The molecule has 1 aromatic rings. The maximum Gasteiger partial charge on any atom is 0.264 e. The summed E-state index contributed by atoms with van der Waals surface area (Å²) in [4.78, 5) is 30.4. The van der Waals surface area contributed by atoms with Gasteiger partial charge in [-0.3, -0.25) is 9.59 Å². The number of oxime groups is 1. The molecule has 0 spiro atoms. The molecule has 2 amide bonds. The molecule has 22 heavy (non-hydrogen) atoms. The zero-order valence-corrected chi connectivity index (χ0v) is 13.1. The Morgan fingerprint density at radius 3 is 2.55 bits per heavy atom. The zero-order chi connectivity index (χ0) is 16.1. The molecule has 0 fully saturated rings. The highest BCUT2D eigenvalue weighted by Gasteiger charge is 2.26. The smallest absolute Gasteiger partial charge is 0.264 e. The van der Waals surface area contributed by atoms with Crippen LogP contribution in [0.2, 0.25) is 0 Å². The van der Waals surface area contributed by atoms with E-state index in [-0.39, 0.29) is 11.8 Å². The van der Waals surface area contributed by atoms with E-state index in [9.17, 15) is 9.59 Å². The van der Waals surface area contributed by atoms with E-state index in [0.717, 1.165) is 17.7 Å². The molecular weight excluding hydrogens is 282 g/mol. The summed E-state index contributed by atoms with van der Waals surface area (Å²) < 4.78 is 0. The molecule has 0 aliphatic carbocycles. The van der Waals surface area contributed by atoms with Crippen LogP contribution in [0.1, 0.15) is 35.7 Å². The van der Waals surface area contributed by atoms with Crippen LogP contribution in [-0.4, -0.2) is 42.6 Å². The largest absolute Gasteiger partial charge is 0.382 e. The molecule has 1 heterocycles. The van der Waals surface area contributed by atoms with Crippen LogP contribution in [0.5, 0.6) is 0 Å². The van der Waals surface area contributed by atoms with Crippen molar-refractivity contribution in [3.8, 4) is 0 Å². The van der Waals surface area contributed by atoms with Crippen LogP contribution in [0, 0.1) is 0 Å². The van der Waals surface area contributed by atoms with E-state index < -0.39 is 6.10 Å². The minimum absolute atomic E-state index is 0.0424. The predicted octanol–water partition coefficient (Wildman–Crippen LogP) is 1.56. The number of hydrogen-bond acceptors (Lipinski definition) is 4. The Kier molecular flexibility index (Phi) is 5.14. The lowest BCUT2D eigenvalue weighted by molar-refractivity contribution is -0.131. The number of amides is 2. The topological polar surface area (TPSA) is 71.0 Å². The number of carbonyl (C=O) groups excluding carboxylic acids is 2. The Hall–Kier alpha value is -2.37. The van der Waals surface area contributed by atoms with E-state index in [0.29, 0.717) is 18.5 Å². The Labute approximate surface area is 130 Å². The second-order valence-corrected chi connectivity index (χ2v) is 5.42. The summed E-state index contributed by atoms with van der Waals surface area (Å²) in [5.41, 5.74) is 2.46. The first-order valence-corrected chi connectivity index (χ1v) is 7.31. The third-order valence-electron chi connectivity index (χ3n) is 3.50. The molecule has 1 aliphatic heterocycles. The highest BCUT2D eigenvalue weighted by Crippen LogP contribution is 2.13. The monoisotopic (exact) mass is 303 g/mol. The van der Waals surface area contributed by atoms with Crippen LogP contribution in [-0.2, 0) is 16.2 Å². The molecule has 2 rings (SSSR count). The standard InChI is InChI=1S/C16H21N3O3/c1-4-13-9-14(22-18-13)15(20)17-10-11-5-7-12(8-6-11)16(21)19(2)3/h5-8,14H,4,9-10H2,1-3H3,(H,17,20)/t14-/m0/s1. The molecule has 1 aromatic carbocycles. The van der Waals surface area contributed by atoms with Gasteiger partial charge in [0.05, 0.1) is 5.71 Å². The van der Waals surface area contributed by atoms with E-state index in [4.69, 9.17) is 4.84 Å². The van der Waals surface area contributed by atoms with E-state index in [2.05, 4.69) is 10.5 Å². The second-order valence-electron chi connectivity index (χ2n) is 5.42. The third-order valence-corrected chi connectivity index (χ3v) is 3.50. The Morgan fingerprint density at radius 2 is 2.00 bits per heavy atom. The van der Waals surface area contributed by atoms with E-state index in [1.54, 1.807) is 26.2 Å². The Balaban J connectivity index is 1.85. The lowest BCUT2D eigenvalue weighted by Crippen LogP contribution is -2.34. The highest BCUT2D eigenvalue weighted by atomic mass is 16.6. The summed E-state index contributed by atoms with van der Waals surface area (Å²) in [6.45, 7) is 2.38. The predicted molar refractivity (Wildman–Crippen MR) is 83.5 cm³/mol. The van der Waals surface area contributed by atoms with E-state index in [1.165, 1.54) is 4.90 Å². The Bertz CT molecular complexity index is 579. The minimum Gasteiger partial charge on any atom is -0.382 e. The maximum atomic E-state index is 12.0. The van der Waals surface area contributed by atoms with Gasteiger partial charge in [-0.25, -0.2) is 0 Å². The summed E-state index contributed by atoms with van der Waals surface area (Å²) in [6, 6.07) is 7.18. The first kappa shape index (κ1) is 16.0. The Morgan fingerprint density at radius 1 is 1.32 bits per heavy atom. The first-order valence-electron chi connectivity index (χ1n) is 7.31. The van der Waals surface area contributed by atoms with Crippen molar-refractivity contribution in [2.75, 3.05) is 14.1 Å². The summed E-state index contributed by atoms with van der Waals surface area (Å²) in [5.74, 6) is -0.208. The molecule has 0 saturated heterocycles. The van der Waals surface area contributed by atoms with E-state index >= 15 is 0 Å². The van der Waals surface area contributed by atoms with Crippen LogP contribution in [0.3, 0.4) is 0 Å². The number of rotatable bonds is 5. The van der Waals surface area contributed by atoms with Crippen LogP contribution in [0.25, 0.3) is 0 Å². The van der Waals surface area contributed by atoms with Gasteiger partial charge in [-0.15, -0.1) is 0 Å². The van der Waals surface area contributed by atoms with Gasteiger partial charge in [0.15, 0.2) is 0 Å². The molecule has 1 aliphatic rings. The van der Waals surface area contributed by atoms with Crippen molar-refractivity contribution in [2.24, 2.45) is 5.16 Å². The molecule has 0 saturated carbocycles. The van der Waals surface area contributed by atoms with Crippen molar-refractivity contribution in [1.29, 1.82) is 0 Å². The molecule has 0 bridgehead atoms. The minimum atomic E-state index is -0.524. The first-order chi connectivity index (χ1) is 10.5. The van der Waals surface area contributed by atoms with Crippen molar-refractivity contribution < 1.29 is 14.4 Å². The fourth-order valence-electron chi connectivity index (χ4n) is 2.10. The molecule has 6 nitrogen and oxygen atoms in total. The van der Waals surface area contributed by atoms with Crippen molar-refractivity contribution in [3.63, 3.8) is 0 Å². The van der Waals surface area contributed by atoms with Gasteiger partial charge in [0.1, 0.15) is 0 Å². The van der Waals surface area contributed by atoms with Crippen LogP contribution in [0.4, 0.5) is 0 Å². The lowest BCUT2D eigenvalue weighted by Gasteiger charge is -2.12. The fourth-order valence-corrected chi connectivity index (χ4v) is 2.10. The average molecular weight is 303 g/mol. The van der Waals surface area contributed by atoms with Crippen molar-refractivity contribution in [3.05, 3.63) is 35.4 Å². The number of nitrogens with zero attached hydrogens (tertiary/aromatic N) is 2. The molecule has 1 atom stereocenters. The second kappa shape index (κ2) is 7.06. The fraction of sp³-hybridized carbons (Fsp3) is 0.438. The lowest BCUT2D eigenvalue weighted by atomic mass is 10.1. The van der Waals surface area contributed by atoms with Crippen LogP contribution in [0.15, 0.2) is 29.4 Å². The summed E-state index contributed by atoms with van der Waals surface area (Å²) in [7, 11) is 3.43. The van der Waals surface area contributed by atoms with E-state index in [1.807, 2.05) is 19.1 Å². The van der Waals surface area contributed by atoms with Gasteiger partial charge >= 0.3 is 0 Å². The zero-order valence-electron chi connectivity index (χ0n) is 13.1. The summed E-state index contributed by atoms with van der Waals surface area (Å²) >= 11 is 0. The maximum absolute atomic E-state index is 12.0. The molecular formula is C16H21N3O3. The molecule has 0 aromatic heterocycles. The van der Waals surface area contributed by atoms with Crippen molar-refractivity contribution in [1.82, 2.24) is 10.2 Å². The number of nitrogens with one attached hydrogen (secondary N) is 1. The van der Waals surface area contributed by atoms with Gasteiger partial charge in [0.25, 0.3) is 11.8 Å². The number of carbonyl (C=O) groups is 2. The number of hydrogen-bond donors (Lipinski definition) is 1. The van der Waals surface area contributed by atoms with Crippen molar-refractivity contribution >= 4 is 17.5 Å². The molecule has 0 unspecified atom stereocenters. The van der Waals surface area contributed by atoms with Gasteiger partial charge in [-0.05, 0) is 24.1 Å². The molecule has 6 heteroatoms. The highest BCUT2D eigenvalue weighted by molar-refractivity contribution is 5.94. The molecule has 1 N–H and O–H groups in total.